The number of rotatable bonds is 3. The van der Waals surface area contributed by atoms with Crippen molar-refractivity contribution < 1.29 is 19.4 Å². The molecular weight excluding hydrogens is 268 g/mol. The maximum Gasteiger partial charge on any atom is 0.331 e. The van der Waals surface area contributed by atoms with E-state index in [9.17, 15) is 14.7 Å². The molecule has 2 aliphatic carbocycles. The first kappa shape index (κ1) is 15.5. The summed E-state index contributed by atoms with van der Waals surface area (Å²) in [6.07, 6.45) is 5.40. The Morgan fingerprint density at radius 3 is 2.57 bits per heavy atom. The molecule has 0 fully saturated rings. The largest absolute Gasteiger partial charge is 0.478 e. The number of allylic oxidation sites excluding steroid dienone is 3. The van der Waals surface area contributed by atoms with E-state index in [0.717, 1.165) is 12.0 Å². The highest BCUT2D eigenvalue weighted by atomic mass is 16.5. The third-order valence-corrected chi connectivity index (χ3v) is 4.67. The molecule has 0 aliphatic heterocycles. The fourth-order valence-electron chi connectivity index (χ4n) is 3.48. The Morgan fingerprint density at radius 2 is 2.00 bits per heavy atom. The van der Waals surface area contributed by atoms with E-state index in [1.165, 1.54) is 12.5 Å². The minimum Gasteiger partial charge on any atom is -0.478 e. The highest BCUT2D eigenvalue weighted by Crippen LogP contribution is 2.45. The zero-order valence-corrected chi connectivity index (χ0v) is 12.8. The maximum absolute atomic E-state index is 11.2. The number of carboxylic acids is 1. The minimum atomic E-state index is -0.931. The molecule has 0 saturated heterocycles. The molecule has 0 amide bonds. The molecule has 4 heteroatoms. The van der Waals surface area contributed by atoms with Crippen LogP contribution in [0.25, 0.3) is 0 Å². The topological polar surface area (TPSA) is 63.6 Å². The van der Waals surface area contributed by atoms with Crippen LogP contribution in [0.4, 0.5) is 0 Å². The van der Waals surface area contributed by atoms with Crippen molar-refractivity contribution in [3.63, 3.8) is 0 Å². The van der Waals surface area contributed by atoms with E-state index in [1.807, 2.05) is 6.92 Å². The summed E-state index contributed by atoms with van der Waals surface area (Å²) in [7, 11) is 0. The predicted molar refractivity (Wildman–Crippen MR) is 79.5 cm³/mol. The van der Waals surface area contributed by atoms with Crippen LogP contribution in [-0.2, 0) is 14.3 Å². The van der Waals surface area contributed by atoms with Crippen LogP contribution < -0.4 is 0 Å². The van der Waals surface area contributed by atoms with Crippen molar-refractivity contribution in [3.8, 4) is 0 Å². The Bertz CT molecular complexity index is 541. The molecule has 0 aromatic carbocycles. The van der Waals surface area contributed by atoms with Crippen molar-refractivity contribution >= 4 is 11.9 Å². The molecular formula is C17H22O4. The molecule has 114 valence electrons. The summed E-state index contributed by atoms with van der Waals surface area (Å²) in [5.74, 6) is -0.947. The van der Waals surface area contributed by atoms with E-state index in [-0.39, 0.29) is 35.4 Å². The number of hydrogen-bond acceptors (Lipinski definition) is 3. The highest BCUT2D eigenvalue weighted by molar-refractivity contribution is 5.86. The lowest BCUT2D eigenvalue weighted by Crippen LogP contribution is -2.37. The lowest BCUT2D eigenvalue weighted by molar-refractivity contribution is -0.145. The van der Waals surface area contributed by atoms with Gasteiger partial charge in [-0.3, -0.25) is 4.79 Å². The lowest BCUT2D eigenvalue weighted by atomic mass is 9.64. The van der Waals surface area contributed by atoms with Crippen LogP contribution in [0.5, 0.6) is 0 Å². The van der Waals surface area contributed by atoms with Gasteiger partial charge in [0.25, 0.3) is 0 Å². The monoisotopic (exact) mass is 290 g/mol. The van der Waals surface area contributed by atoms with E-state index >= 15 is 0 Å². The number of hydrogen-bond donors (Lipinski definition) is 1. The Kier molecular flexibility index (Phi) is 4.35. The Balaban J connectivity index is 2.31. The molecule has 2 aliphatic rings. The highest BCUT2D eigenvalue weighted by Gasteiger charge is 2.40. The van der Waals surface area contributed by atoms with Gasteiger partial charge in [0, 0.05) is 18.4 Å². The van der Waals surface area contributed by atoms with Gasteiger partial charge in [-0.25, -0.2) is 4.79 Å². The van der Waals surface area contributed by atoms with Crippen molar-refractivity contribution in [2.45, 2.75) is 39.7 Å². The second kappa shape index (κ2) is 5.88. The number of aliphatic carboxylic acids is 1. The van der Waals surface area contributed by atoms with Gasteiger partial charge in [-0.1, -0.05) is 24.3 Å². The Labute approximate surface area is 125 Å². The molecule has 21 heavy (non-hydrogen) atoms. The van der Waals surface area contributed by atoms with E-state index in [2.05, 4.69) is 25.7 Å². The van der Waals surface area contributed by atoms with Crippen LogP contribution >= 0.6 is 0 Å². The summed E-state index contributed by atoms with van der Waals surface area (Å²) in [5.41, 5.74) is 2.52. The van der Waals surface area contributed by atoms with Crippen LogP contribution in [-0.4, -0.2) is 23.1 Å². The third-order valence-electron chi connectivity index (χ3n) is 4.67. The number of esters is 1. The molecule has 0 bridgehead atoms. The van der Waals surface area contributed by atoms with Crippen LogP contribution in [0.1, 0.15) is 33.6 Å². The van der Waals surface area contributed by atoms with Crippen molar-refractivity contribution in [2.24, 2.45) is 17.8 Å². The average Bonchev–Trinajstić information content (AvgIpc) is 2.39. The molecule has 4 atom stereocenters. The Hall–Kier alpha value is -1.84. The first-order valence-electron chi connectivity index (χ1n) is 7.25. The second-order valence-corrected chi connectivity index (χ2v) is 6.05. The summed E-state index contributed by atoms with van der Waals surface area (Å²) in [6, 6.07) is 0. The quantitative estimate of drug-likeness (QED) is 0.493. The summed E-state index contributed by atoms with van der Waals surface area (Å²) < 4.78 is 5.37. The number of carboxylic acid groups (broad SMARTS) is 1. The summed E-state index contributed by atoms with van der Waals surface area (Å²) >= 11 is 0. The Morgan fingerprint density at radius 1 is 1.33 bits per heavy atom. The van der Waals surface area contributed by atoms with Crippen molar-refractivity contribution in [1.82, 2.24) is 0 Å². The maximum atomic E-state index is 11.2. The average molecular weight is 290 g/mol. The van der Waals surface area contributed by atoms with Gasteiger partial charge in [0.15, 0.2) is 0 Å². The molecule has 0 spiro atoms. The number of carbonyl (C=O) groups is 2. The smallest absolute Gasteiger partial charge is 0.331 e. The normalized spacial score (nSPS) is 31.6. The van der Waals surface area contributed by atoms with Crippen molar-refractivity contribution in [2.75, 3.05) is 0 Å². The van der Waals surface area contributed by atoms with Crippen LogP contribution in [0.3, 0.4) is 0 Å². The summed E-state index contributed by atoms with van der Waals surface area (Å²) in [6.45, 7) is 9.17. The van der Waals surface area contributed by atoms with Gasteiger partial charge in [0.1, 0.15) is 6.10 Å². The zero-order valence-electron chi connectivity index (χ0n) is 12.8. The van der Waals surface area contributed by atoms with E-state index in [4.69, 9.17) is 4.74 Å². The molecule has 2 rings (SSSR count). The molecule has 0 radical (unpaired) electrons. The predicted octanol–water partition coefficient (Wildman–Crippen LogP) is 3.11. The van der Waals surface area contributed by atoms with Gasteiger partial charge in [0.05, 0.1) is 0 Å². The van der Waals surface area contributed by atoms with Crippen LogP contribution in [0.15, 0.2) is 35.5 Å². The molecule has 1 N–H and O–H groups in total. The zero-order chi connectivity index (χ0) is 15.7. The second-order valence-electron chi connectivity index (χ2n) is 6.05. The fraction of sp³-hybridized carbons (Fsp3) is 0.529. The molecule has 1 unspecified atom stereocenters. The number of carbonyl (C=O) groups excluding carboxylic acids is 1. The van der Waals surface area contributed by atoms with Gasteiger partial charge in [-0.05, 0) is 44.1 Å². The van der Waals surface area contributed by atoms with Gasteiger partial charge in [-0.15, -0.1) is 0 Å². The summed E-state index contributed by atoms with van der Waals surface area (Å²) in [5, 5.41) is 9.22. The van der Waals surface area contributed by atoms with Gasteiger partial charge in [-0.2, -0.15) is 0 Å². The van der Waals surface area contributed by atoms with Crippen LogP contribution in [0, 0.1) is 17.8 Å². The first-order chi connectivity index (χ1) is 9.81. The molecule has 0 saturated carbocycles. The van der Waals surface area contributed by atoms with Gasteiger partial charge < -0.3 is 9.84 Å². The van der Waals surface area contributed by atoms with Gasteiger partial charge >= 0.3 is 11.9 Å². The standard InChI is InChI=1S/C17H22O4/c1-9-5-6-13(11(3)17(19)20)15-7-10(2)16(8-14(9)15)21-12(4)18/h5,7,13-16H,3,6,8H2,1-2,4H3,(H,19,20)/t13-,14?,15-,16-/m0/s1. The van der Waals surface area contributed by atoms with E-state index in [0.29, 0.717) is 6.42 Å². The van der Waals surface area contributed by atoms with Crippen molar-refractivity contribution in [1.29, 1.82) is 0 Å². The van der Waals surface area contributed by atoms with Crippen molar-refractivity contribution in [3.05, 3.63) is 35.5 Å². The molecule has 0 heterocycles. The number of fused-ring (bicyclic) bond motifs is 1. The third kappa shape index (κ3) is 3.09. The molecule has 0 aromatic rings. The van der Waals surface area contributed by atoms with E-state index < -0.39 is 5.97 Å². The van der Waals surface area contributed by atoms with Gasteiger partial charge in [0.2, 0.25) is 0 Å². The summed E-state index contributed by atoms with van der Waals surface area (Å²) in [4.78, 5) is 22.4. The van der Waals surface area contributed by atoms with Crippen LogP contribution in [0.2, 0.25) is 0 Å². The molecule has 0 aromatic heterocycles. The first-order valence-corrected chi connectivity index (χ1v) is 7.25. The number of ether oxygens (including phenoxy) is 1. The molecule has 4 nitrogen and oxygen atoms in total. The van der Waals surface area contributed by atoms with E-state index in [1.54, 1.807) is 0 Å². The lowest BCUT2D eigenvalue weighted by Gasteiger charge is -2.41. The minimum absolute atomic E-state index is 0.0792. The fourth-order valence-corrected chi connectivity index (χ4v) is 3.48. The SMILES string of the molecule is C=C(C(=O)O)[C@@H]1CC=C(C)C2C[C@H](OC(C)=O)C(C)=C[C@H]21.